The Labute approximate surface area is 111 Å². The maximum absolute atomic E-state index is 12.0. The third-order valence-electron chi connectivity index (χ3n) is 2.93. The molecule has 1 saturated heterocycles. The van der Waals surface area contributed by atoms with Gasteiger partial charge < -0.3 is 5.32 Å². The number of nitrogens with one attached hydrogen (secondary N) is 1. The second kappa shape index (κ2) is 6.31. The first-order chi connectivity index (χ1) is 8.29. The lowest BCUT2D eigenvalue weighted by atomic mass is 10.1. The molecule has 0 unspecified atom stereocenters. The van der Waals surface area contributed by atoms with Crippen LogP contribution in [0.5, 0.6) is 0 Å². The van der Waals surface area contributed by atoms with Crippen LogP contribution in [0.25, 0.3) is 0 Å². The smallest absolute Gasteiger partial charge is 0.251 e. The van der Waals surface area contributed by atoms with Gasteiger partial charge >= 0.3 is 0 Å². The van der Waals surface area contributed by atoms with Crippen LogP contribution < -0.4 is 5.32 Å². The highest BCUT2D eigenvalue weighted by Gasteiger charge is 2.16. The second-order valence-electron chi connectivity index (χ2n) is 4.19. The fraction of sp³-hybridized carbons (Fsp3) is 0.462. The number of carbonyl (C=O) groups excluding carboxylic acids is 1. The Morgan fingerprint density at radius 1 is 1.29 bits per heavy atom. The molecule has 0 aromatic heterocycles. The van der Waals surface area contributed by atoms with E-state index in [1.165, 1.54) is 0 Å². The van der Waals surface area contributed by atoms with Crippen molar-refractivity contribution in [3.05, 3.63) is 35.4 Å². The summed E-state index contributed by atoms with van der Waals surface area (Å²) in [4.78, 5) is 12.0. The van der Waals surface area contributed by atoms with Crippen LogP contribution in [-0.4, -0.2) is 23.5 Å². The van der Waals surface area contributed by atoms with Gasteiger partial charge in [-0.15, -0.1) is 11.6 Å². The lowest BCUT2D eigenvalue weighted by Crippen LogP contribution is -2.37. The van der Waals surface area contributed by atoms with Gasteiger partial charge in [-0.3, -0.25) is 4.79 Å². The van der Waals surface area contributed by atoms with Crippen LogP contribution in [0.15, 0.2) is 24.3 Å². The van der Waals surface area contributed by atoms with Gasteiger partial charge in [0, 0.05) is 17.5 Å². The van der Waals surface area contributed by atoms with E-state index in [0.717, 1.165) is 35.5 Å². The number of halogens is 1. The molecular weight excluding hydrogens is 254 g/mol. The average molecular weight is 270 g/mol. The number of amides is 1. The molecule has 4 heteroatoms. The third-order valence-corrected chi connectivity index (χ3v) is 4.28. The Morgan fingerprint density at radius 3 is 2.53 bits per heavy atom. The van der Waals surface area contributed by atoms with Crippen molar-refractivity contribution in [2.75, 3.05) is 11.5 Å². The molecule has 17 heavy (non-hydrogen) atoms. The molecule has 1 aliphatic heterocycles. The topological polar surface area (TPSA) is 29.1 Å². The zero-order chi connectivity index (χ0) is 12.1. The van der Waals surface area contributed by atoms with Crippen molar-refractivity contribution in [3.63, 3.8) is 0 Å². The largest absolute Gasteiger partial charge is 0.349 e. The van der Waals surface area contributed by atoms with Crippen LogP contribution in [0, 0.1) is 0 Å². The summed E-state index contributed by atoms with van der Waals surface area (Å²) in [6.07, 6.45) is 2.16. The summed E-state index contributed by atoms with van der Waals surface area (Å²) in [6.45, 7) is 0. The lowest BCUT2D eigenvalue weighted by molar-refractivity contribution is 0.0935. The molecule has 1 aliphatic rings. The molecule has 1 aromatic carbocycles. The molecule has 1 N–H and O–H groups in total. The summed E-state index contributed by atoms with van der Waals surface area (Å²) in [5.74, 6) is 2.82. The summed E-state index contributed by atoms with van der Waals surface area (Å²) in [5, 5.41) is 3.09. The SMILES string of the molecule is O=C(NC1CCSCC1)c1ccc(CCl)cc1. The molecule has 1 fully saturated rings. The van der Waals surface area contributed by atoms with Crippen molar-refractivity contribution in [1.82, 2.24) is 5.32 Å². The molecule has 0 aliphatic carbocycles. The van der Waals surface area contributed by atoms with E-state index in [4.69, 9.17) is 11.6 Å². The molecule has 0 atom stereocenters. The molecule has 1 aromatic rings. The number of alkyl halides is 1. The predicted molar refractivity (Wildman–Crippen MR) is 73.8 cm³/mol. The van der Waals surface area contributed by atoms with Crippen LogP contribution >= 0.6 is 23.4 Å². The maximum Gasteiger partial charge on any atom is 0.251 e. The molecule has 1 amide bonds. The van der Waals surface area contributed by atoms with E-state index in [-0.39, 0.29) is 5.91 Å². The van der Waals surface area contributed by atoms with E-state index in [0.29, 0.717) is 11.9 Å². The van der Waals surface area contributed by atoms with E-state index >= 15 is 0 Å². The van der Waals surface area contributed by atoms with Crippen molar-refractivity contribution in [3.8, 4) is 0 Å². The van der Waals surface area contributed by atoms with E-state index in [2.05, 4.69) is 5.32 Å². The zero-order valence-electron chi connectivity index (χ0n) is 9.62. The summed E-state index contributed by atoms with van der Waals surface area (Å²) in [7, 11) is 0. The van der Waals surface area contributed by atoms with Crippen LogP contribution in [0.2, 0.25) is 0 Å². The lowest BCUT2D eigenvalue weighted by Gasteiger charge is -2.22. The Morgan fingerprint density at radius 2 is 1.94 bits per heavy atom. The monoisotopic (exact) mass is 269 g/mol. The maximum atomic E-state index is 12.0. The molecule has 2 nitrogen and oxygen atoms in total. The van der Waals surface area contributed by atoms with Crippen LogP contribution in [0.1, 0.15) is 28.8 Å². The highest BCUT2D eigenvalue weighted by Crippen LogP contribution is 2.17. The van der Waals surface area contributed by atoms with Crippen molar-refractivity contribution in [2.24, 2.45) is 0 Å². The van der Waals surface area contributed by atoms with Gasteiger partial charge in [-0.25, -0.2) is 0 Å². The highest BCUT2D eigenvalue weighted by atomic mass is 35.5. The van der Waals surface area contributed by atoms with Crippen molar-refractivity contribution in [2.45, 2.75) is 24.8 Å². The fourth-order valence-corrected chi connectivity index (χ4v) is 3.14. The Bertz CT molecular complexity index is 374. The summed E-state index contributed by atoms with van der Waals surface area (Å²) >= 11 is 7.67. The molecule has 92 valence electrons. The standard InChI is InChI=1S/C13H16ClNOS/c14-9-10-1-3-11(4-2-10)13(16)15-12-5-7-17-8-6-12/h1-4,12H,5-9H2,(H,15,16). The van der Waals surface area contributed by atoms with Crippen molar-refractivity contribution in [1.29, 1.82) is 0 Å². The zero-order valence-corrected chi connectivity index (χ0v) is 11.2. The normalized spacial score (nSPS) is 16.8. The molecule has 0 bridgehead atoms. The second-order valence-corrected chi connectivity index (χ2v) is 5.68. The van der Waals surface area contributed by atoms with Crippen LogP contribution in [0.3, 0.4) is 0 Å². The number of hydrogen-bond donors (Lipinski definition) is 1. The predicted octanol–water partition coefficient (Wildman–Crippen LogP) is 3.05. The van der Waals surface area contributed by atoms with E-state index in [1.807, 2.05) is 36.0 Å². The number of thioether (sulfide) groups is 1. The van der Waals surface area contributed by atoms with Gasteiger partial charge in [0.1, 0.15) is 0 Å². The minimum atomic E-state index is 0.0306. The molecule has 1 heterocycles. The number of benzene rings is 1. The first-order valence-corrected chi connectivity index (χ1v) is 7.52. The molecule has 0 radical (unpaired) electrons. The Balaban J connectivity index is 1.93. The summed E-state index contributed by atoms with van der Waals surface area (Å²) in [5.41, 5.74) is 1.76. The molecule has 0 saturated carbocycles. The van der Waals surface area contributed by atoms with Crippen molar-refractivity contribution < 1.29 is 4.79 Å². The number of carbonyl (C=O) groups is 1. The van der Waals surface area contributed by atoms with Gasteiger partial charge in [0.05, 0.1) is 0 Å². The Kier molecular flexibility index (Phi) is 4.75. The van der Waals surface area contributed by atoms with Gasteiger partial charge in [-0.2, -0.15) is 11.8 Å². The van der Waals surface area contributed by atoms with E-state index in [9.17, 15) is 4.79 Å². The van der Waals surface area contributed by atoms with Gasteiger partial charge in [-0.1, -0.05) is 12.1 Å². The molecule has 0 spiro atoms. The average Bonchev–Trinajstić information content (AvgIpc) is 2.40. The molecular formula is C13H16ClNOS. The van der Waals surface area contributed by atoms with E-state index in [1.54, 1.807) is 0 Å². The number of rotatable bonds is 3. The van der Waals surface area contributed by atoms with Gasteiger partial charge in [0.2, 0.25) is 0 Å². The first kappa shape index (κ1) is 12.8. The molecule has 2 rings (SSSR count). The summed E-state index contributed by atoms with van der Waals surface area (Å²) in [6, 6.07) is 7.82. The minimum absolute atomic E-state index is 0.0306. The van der Waals surface area contributed by atoms with Crippen LogP contribution in [0.4, 0.5) is 0 Å². The quantitative estimate of drug-likeness (QED) is 0.855. The highest BCUT2D eigenvalue weighted by molar-refractivity contribution is 7.99. The first-order valence-electron chi connectivity index (χ1n) is 5.83. The minimum Gasteiger partial charge on any atom is -0.349 e. The van der Waals surface area contributed by atoms with E-state index < -0.39 is 0 Å². The van der Waals surface area contributed by atoms with Gasteiger partial charge in [0.15, 0.2) is 0 Å². The number of hydrogen-bond acceptors (Lipinski definition) is 2. The van der Waals surface area contributed by atoms with Crippen LogP contribution in [-0.2, 0) is 5.88 Å². The third kappa shape index (κ3) is 3.65. The van der Waals surface area contributed by atoms with Gasteiger partial charge in [0.25, 0.3) is 5.91 Å². The Hall–Kier alpha value is -0.670. The summed E-state index contributed by atoms with van der Waals surface area (Å²) < 4.78 is 0. The fourth-order valence-electron chi connectivity index (χ4n) is 1.86. The van der Waals surface area contributed by atoms with Crippen molar-refractivity contribution >= 4 is 29.3 Å². The van der Waals surface area contributed by atoms with Gasteiger partial charge in [-0.05, 0) is 42.0 Å².